The van der Waals surface area contributed by atoms with Gasteiger partial charge in [0.1, 0.15) is 0 Å². The zero-order chi connectivity index (χ0) is 13.0. The highest BCUT2D eigenvalue weighted by Crippen LogP contribution is 1.98. The third-order valence-electron chi connectivity index (χ3n) is 2.35. The standard InChI is InChI=1S/C12H13N3O3/c1-9-4-5-11(16)15(14-9)7-6-13-12(17)10-3-2-8-18-10/h2-5,8H,6-7H2,1H3,(H,13,17). The van der Waals surface area contributed by atoms with E-state index in [1.54, 1.807) is 25.1 Å². The van der Waals surface area contributed by atoms with Crippen molar-refractivity contribution in [2.75, 3.05) is 6.54 Å². The van der Waals surface area contributed by atoms with Gasteiger partial charge >= 0.3 is 0 Å². The van der Waals surface area contributed by atoms with Crippen molar-refractivity contribution in [3.8, 4) is 0 Å². The lowest BCUT2D eigenvalue weighted by Crippen LogP contribution is -2.31. The number of aryl methyl sites for hydroxylation is 1. The fraction of sp³-hybridized carbons (Fsp3) is 0.250. The summed E-state index contributed by atoms with van der Waals surface area (Å²) in [5.74, 6) is -0.0553. The first-order valence-corrected chi connectivity index (χ1v) is 5.53. The van der Waals surface area contributed by atoms with Crippen LogP contribution in [0.3, 0.4) is 0 Å². The predicted molar refractivity (Wildman–Crippen MR) is 64.3 cm³/mol. The molecule has 0 aliphatic rings. The minimum absolute atomic E-state index is 0.187. The summed E-state index contributed by atoms with van der Waals surface area (Å²) >= 11 is 0. The maximum Gasteiger partial charge on any atom is 0.287 e. The number of furan rings is 1. The number of nitrogens with zero attached hydrogens (tertiary/aromatic N) is 2. The Balaban J connectivity index is 1.91. The highest BCUT2D eigenvalue weighted by atomic mass is 16.3. The van der Waals surface area contributed by atoms with E-state index in [9.17, 15) is 9.59 Å². The number of aromatic nitrogens is 2. The van der Waals surface area contributed by atoms with Crippen LogP contribution in [0.5, 0.6) is 0 Å². The van der Waals surface area contributed by atoms with Crippen LogP contribution in [0.1, 0.15) is 16.2 Å². The van der Waals surface area contributed by atoms with Gasteiger partial charge in [-0.1, -0.05) is 0 Å². The fourth-order valence-electron chi connectivity index (χ4n) is 1.48. The first-order chi connectivity index (χ1) is 8.66. The molecule has 0 fully saturated rings. The van der Waals surface area contributed by atoms with Crippen LogP contribution < -0.4 is 10.9 Å². The molecule has 0 unspecified atom stereocenters. The Kier molecular flexibility index (Phi) is 3.57. The van der Waals surface area contributed by atoms with Crippen molar-refractivity contribution in [2.45, 2.75) is 13.5 Å². The molecule has 0 aliphatic heterocycles. The lowest BCUT2D eigenvalue weighted by Gasteiger charge is -2.05. The summed E-state index contributed by atoms with van der Waals surface area (Å²) in [5.41, 5.74) is 0.569. The third kappa shape index (κ3) is 2.85. The Morgan fingerprint density at radius 3 is 3.00 bits per heavy atom. The van der Waals surface area contributed by atoms with Gasteiger partial charge in [-0.25, -0.2) is 4.68 Å². The minimum atomic E-state index is -0.305. The summed E-state index contributed by atoms with van der Waals surface area (Å²) in [5, 5.41) is 6.71. The highest BCUT2D eigenvalue weighted by Gasteiger charge is 2.07. The Bertz CT molecular complexity index is 587. The second-order valence-electron chi connectivity index (χ2n) is 3.77. The van der Waals surface area contributed by atoms with Gasteiger partial charge in [0.15, 0.2) is 5.76 Å². The van der Waals surface area contributed by atoms with E-state index in [-0.39, 0.29) is 17.2 Å². The average molecular weight is 247 g/mol. The van der Waals surface area contributed by atoms with Gasteiger partial charge in [-0.3, -0.25) is 9.59 Å². The molecule has 0 saturated carbocycles. The van der Waals surface area contributed by atoms with Crippen molar-refractivity contribution < 1.29 is 9.21 Å². The molecule has 6 nitrogen and oxygen atoms in total. The second-order valence-corrected chi connectivity index (χ2v) is 3.77. The Morgan fingerprint density at radius 2 is 2.28 bits per heavy atom. The van der Waals surface area contributed by atoms with Gasteiger partial charge in [0.25, 0.3) is 11.5 Å². The Morgan fingerprint density at radius 1 is 1.44 bits per heavy atom. The molecule has 0 aromatic carbocycles. The monoisotopic (exact) mass is 247 g/mol. The molecular formula is C12H13N3O3. The summed E-state index contributed by atoms with van der Waals surface area (Å²) < 4.78 is 6.26. The second kappa shape index (κ2) is 5.31. The molecule has 2 heterocycles. The number of hydrogen-bond acceptors (Lipinski definition) is 4. The molecule has 0 atom stereocenters. The van der Waals surface area contributed by atoms with Gasteiger partial charge in [-0.05, 0) is 25.1 Å². The van der Waals surface area contributed by atoms with Gasteiger partial charge in [-0.2, -0.15) is 5.10 Å². The van der Waals surface area contributed by atoms with Gasteiger partial charge in [-0.15, -0.1) is 0 Å². The molecule has 1 N–H and O–H groups in total. The smallest absolute Gasteiger partial charge is 0.287 e. The number of carbonyl (C=O) groups excluding carboxylic acids is 1. The van der Waals surface area contributed by atoms with E-state index in [0.717, 1.165) is 5.69 Å². The molecular weight excluding hydrogens is 234 g/mol. The van der Waals surface area contributed by atoms with Crippen molar-refractivity contribution in [1.82, 2.24) is 15.1 Å². The van der Waals surface area contributed by atoms with Gasteiger partial charge in [0.05, 0.1) is 18.5 Å². The number of rotatable bonds is 4. The number of hydrogen-bond donors (Lipinski definition) is 1. The molecule has 0 aliphatic carbocycles. The van der Waals surface area contributed by atoms with Crippen LogP contribution in [0.4, 0.5) is 0 Å². The van der Waals surface area contributed by atoms with E-state index in [0.29, 0.717) is 13.1 Å². The van der Waals surface area contributed by atoms with Crippen LogP contribution in [0.15, 0.2) is 39.7 Å². The molecule has 0 spiro atoms. The molecule has 0 bridgehead atoms. The first kappa shape index (κ1) is 12.1. The quantitative estimate of drug-likeness (QED) is 0.857. The van der Waals surface area contributed by atoms with Crippen molar-refractivity contribution in [3.63, 3.8) is 0 Å². The molecule has 1 amide bonds. The number of amides is 1. The predicted octanol–water partition coefficient (Wildman–Crippen LogP) is 0.575. The van der Waals surface area contributed by atoms with Gasteiger partial charge < -0.3 is 9.73 Å². The van der Waals surface area contributed by atoms with E-state index in [4.69, 9.17) is 4.42 Å². The summed E-state index contributed by atoms with van der Waals surface area (Å²) in [4.78, 5) is 23.0. The molecule has 0 radical (unpaired) electrons. The molecule has 2 aromatic rings. The SMILES string of the molecule is Cc1ccc(=O)n(CCNC(=O)c2ccco2)n1. The van der Waals surface area contributed by atoms with E-state index < -0.39 is 0 Å². The van der Waals surface area contributed by atoms with E-state index in [1.165, 1.54) is 17.0 Å². The molecule has 0 saturated heterocycles. The van der Waals surface area contributed by atoms with Gasteiger partial charge in [0.2, 0.25) is 0 Å². The summed E-state index contributed by atoms with van der Waals surface area (Å²) in [7, 11) is 0. The Labute approximate surface area is 103 Å². The molecule has 94 valence electrons. The minimum Gasteiger partial charge on any atom is -0.459 e. The number of carbonyl (C=O) groups is 1. The molecule has 6 heteroatoms. The third-order valence-corrected chi connectivity index (χ3v) is 2.35. The van der Waals surface area contributed by atoms with E-state index >= 15 is 0 Å². The summed E-state index contributed by atoms with van der Waals surface area (Å²) in [6.45, 7) is 2.44. The van der Waals surface area contributed by atoms with Crippen molar-refractivity contribution in [3.05, 3.63) is 52.3 Å². The zero-order valence-electron chi connectivity index (χ0n) is 9.92. The maximum atomic E-state index is 11.5. The highest BCUT2D eigenvalue weighted by molar-refractivity contribution is 5.91. The van der Waals surface area contributed by atoms with Crippen LogP contribution in [-0.2, 0) is 6.54 Å². The van der Waals surface area contributed by atoms with Crippen LogP contribution in [0, 0.1) is 6.92 Å². The lowest BCUT2D eigenvalue weighted by molar-refractivity contribution is 0.0924. The zero-order valence-corrected chi connectivity index (χ0v) is 9.92. The largest absolute Gasteiger partial charge is 0.459 e. The first-order valence-electron chi connectivity index (χ1n) is 5.53. The average Bonchev–Trinajstić information content (AvgIpc) is 2.87. The van der Waals surface area contributed by atoms with Crippen LogP contribution in [0.2, 0.25) is 0 Å². The molecule has 2 rings (SSSR count). The van der Waals surface area contributed by atoms with Crippen LogP contribution >= 0.6 is 0 Å². The Hall–Kier alpha value is -2.37. The summed E-state index contributed by atoms with van der Waals surface area (Å²) in [6.07, 6.45) is 1.43. The molecule has 18 heavy (non-hydrogen) atoms. The maximum absolute atomic E-state index is 11.5. The topological polar surface area (TPSA) is 77.1 Å². The van der Waals surface area contributed by atoms with Gasteiger partial charge in [0, 0.05) is 12.6 Å². The fourth-order valence-corrected chi connectivity index (χ4v) is 1.48. The number of nitrogens with one attached hydrogen (secondary N) is 1. The van der Waals surface area contributed by atoms with Crippen molar-refractivity contribution in [1.29, 1.82) is 0 Å². The van der Waals surface area contributed by atoms with E-state index in [2.05, 4.69) is 10.4 Å². The van der Waals surface area contributed by atoms with Crippen LogP contribution in [-0.4, -0.2) is 22.2 Å². The summed E-state index contributed by atoms with van der Waals surface area (Å²) in [6, 6.07) is 6.32. The van der Waals surface area contributed by atoms with Crippen molar-refractivity contribution in [2.24, 2.45) is 0 Å². The van der Waals surface area contributed by atoms with E-state index in [1.807, 2.05) is 0 Å². The normalized spacial score (nSPS) is 10.3. The van der Waals surface area contributed by atoms with Crippen LogP contribution in [0.25, 0.3) is 0 Å². The van der Waals surface area contributed by atoms with Crippen molar-refractivity contribution >= 4 is 5.91 Å². The molecule has 2 aromatic heterocycles. The lowest BCUT2D eigenvalue weighted by atomic mass is 10.4.